The highest BCUT2D eigenvalue weighted by Gasteiger charge is 2.21. The lowest BCUT2D eigenvalue weighted by Crippen LogP contribution is -2.38. The molecule has 0 bridgehead atoms. The zero-order chi connectivity index (χ0) is 15.9. The highest BCUT2D eigenvalue weighted by Crippen LogP contribution is 2.09. The number of ketones is 1. The van der Waals surface area contributed by atoms with E-state index in [2.05, 4.69) is 5.32 Å². The van der Waals surface area contributed by atoms with Crippen molar-refractivity contribution in [3.8, 4) is 0 Å². The first-order valence-electron chi connectivity index (χ1n) is 7.16. The predicted octanol–water partition coefficient (Wildman–Crippen LogP) is 2.81. The third kappa shape index (κ3) is 4.53. The molecule has 0 fully saturated rings. The van der Waals surface area contributed by atoms with E-state index >= 15 is 0 Å². The lowest BCUT2D eigenvalue weighted by Gasteiger charge is -2.14. The van der Waals surface area contributed by atoms with Gasteiger partial charge in [-0.25, -0.2) is 0 Å². The van der Waals surface area contributed by atoms with Gasteiger partial charge in [0, 0.05) is 18.5 Å². The van der Waals surface area contributed by atoms with Crippen LogP contribution in [0.5, 0.6) is 0 Å². The van der Waals surface area contributed by atoms with E-state index in [0.717, 1.165) is 11.1 Å². The van der Waals surface area contributed by atoms with Crippen LogP contribution in [0, 0.1) is 6.92 Å². The molecular formula is C18H19NO3. The first kappa shape index (κ1) is 15.9. The second kappa shape index (κ2) is 7.52. The average molecular weight is 297 g/mol. The summed E-state index contributed by atoms with van der Waals surface area (Å²) >= 11 is 0. The van der Waals surface area contributed by atoms with Crippen LogP contribution in [-0.2, 0) is 11.3 Å². The molecule has 2 rings (SSSR count). The van der Waals surface area contributed by atoms with Crippen molar-refractivity contribution in [2.75, 3.05) is 0 Å². The van der Waals surface area contributed by atoms with E-state index in [1.165, 1.54) is 0 Å². The van der Waals surface area contributed by atoms with E-state index in [1.807, 2.05) is 49.4 Å². The number of nitrogens with one attached hydrogen (secondary N) is 1. The fourth-order valence-corrected chi connectivity index (χ4v) is 2.13. The van der Waals surface area contributed by atoms with Gasteiger partial charge in [-0.05, 0) is 12.5 Å². The molecule has 22 heavy (non-hydrogen) atoms. The normalized spacial score (nSPS) is 11.9. The number of rotatable bonds is 7. The first-order valence-corrected chi connectivity index (χ1v) is 7.16. The summed E-state index contributed by atoms with van der Waals surface area (Å²) in [4.78, 5) is 23.5. The van der Waals surface area contributed by atoms with Crippen molar-refractivity contribution in [2.45, 2.75) is 25.9 Å². The van der Waals surface area contributed by atoms with Gasteiger partial charge in [-0.1, -0.05) is 60.2 Å². The van der Waals surface area contributed by atoms with Crippen molar-refractivity contribution >= 4 is 11.8 Å². The standard InChI is InChI=1S/C18H19NO3/c1-13-7-9-15(10-8-13)17(20)11-16(18(21)22)19-12-14-5-3-2-4-6-14/h2-10,16,19H,11-12H2,1H3,(H,21,22)/t16-/m1/s1. The molecule has 0 aliphatic carbocycles. The summed E-state index contributed by atoms with van der Waals surface area (Å²) < 4.78 is 0. The first-order chi connectivity index (χ1) is 10.6. The monoisotopic (exact) mass is 297 g/mol. The van der Waals surface area contributed by atoms with Crippen molar-refractivity contribution in [1.82, 2.24) is 5.32 Å². The number of carboxylic acid groups (broad SMARTS) is 1. The van der Waals surface area contributed by atoms with Crippen LogP contribution >= 0.6 is 0 Å². The molecule has 0 aliphatic rings. The molecule has 4 nitrogen and oxygen atoms in total. The molecular weight excluding hydrogens is 278 g/mol. The summed E-state index contributed by atoms with van der Waals surface area (Å²) in [6.07, 6.45) is -0.0643. The van der Waals surface area contributed by atoms with Gasteiger partial charge >= 0.3 is 5.97 Å². The third-order valence-corrected chi connectivity index (χ3v) is 3.46. The van der Waals surface area contributed by atoms with Crippen LogP contribution in [0.1, 0.15) is 27.9 Å². The maximum absolute atomic E-state index is 12.2. The molecule has 0 heterocycles. The molecule has 1 atom stereocenters. The molecule has 0 radical (unpaired) electrons. The summed E-state index contributed by atoms with van der Waals surface area (Å²) in [6.45, 7) is 2.36. The Labute approximate surface area is 129 Å². The number of aryl methyl sites for hydroxylation is 1. The molecule has 2 N–H and O–H groups in total. The number of carbonyl (C=O) groups is 2. The Morgan fingerprint density at radius 3 is 2.27 bits per heavy atom. The molecule has 0 amide bonds. The summed E-state index contributed by atoms with van der Waals surface area (Å²) in [6, 6.07) is 15.8. The zero-order valence-corrected chi connectivity index (χ0v) is 12.5. The van der Waals surface area contributed by atoms with Gasteiger partial charge in [0.1, 0.15) is 6.04 Å². The van der Waals surface area contributed by atoms with Crippen molar-refractivity contribution < 1.29 is 14.7 Å². The van der Waals surface area contributed by atoms with Crippen LogP contribution in [0.4, 0.5) is 0 Å². The second-order valence-electron chi connectivity index (χ2n) is 5.25. The Kier molecular flexibility index (Phi) is 5.44. The maximum atomic E-state index is 12.2. The van der Waals surface area contributed by atoms with Gasteiger partial charge in [0.15, 0.2) is 5.78 Å². The molecule has 0 aliphatic heterocycles. The summed E-state index contributed by atoms with van der Waals surface area (Å²) in [5, 5.41) is 12.2. The number of Topliss-reactive ketones (excluding diaryl/α,β-unsaturated/α-hetero) is 1. The average Bonchev–Trinajstić information content (AvgIpc) is 2.52. The van der Waals surface area contributed by atoms with Gasteiger partial charge < -0.3 is 5.11 Å². The topological polar surface area (TPSA) is 66.4 Å². The molecule has 0 unspecified atom stereocenters. The van der Waals surface area contributed by atoms with E-state index in [9.17, 15) is 14.7 Å². The van der Waals surface area contributed by atoms with E-state index in [1.54, 1.807) is 12.1 Å². The van der Waals surface area contributed by atoms with Crippen LogP contribution in [0.25, 0.3) is 0 Å². The minimum atomic E-state index is -1.02. The SMILES string of the molecule is Cc1ccc(C(=O)C[C@@H](NCc2ccccc2)C(=O)O)cc1. The number of hydrogen-bond acceptors (Lipinski definition) is 3. The van der Waals surface area contributed by atoms with Crippen LogP contribution in [0.3, 0.4) is 0 Å². The van der Waals surface area contributed by atoms with Crippen molar-refractivity contribution in [2.24, 2.45) is 0 Å². The number of carboxylic acids is 1. The molecule has 0 aromatic heterocycles. The summed E-state index contributed by atoms with van der Waals surface area (Å²) in [5.41, 5.74) is 2.59. The Hall–Kier alpha value is -2.46. The number of carbonyl (C=O) groups excluding carboxylic acids is 1. The van der Waals surface area contributed by atoms with E-state index in [-0.39, 0.29) is 12.2 Å². The molecule has 0 saturated carbocycles. The summed E-state index contributed by atoms with van der Waals surface area (Å²) in [5.74, 6) is -1.19. The van der Waals surface area contributed by atoms with Gasteiger partial charge in [-0.2, -0.15) is 0 Å². The number of aliphatic carboxylic acids is 1. The second-order valence-corrected chi connectivity index (χ2v) is 5.25. The molecule has 2 aromatic carbocycles. The zero-order valence-electron chi connectivity index (χ0n) is 12.5. The Bertz CT molecular complexity index is 635. The van der Waals surface area contributed by atoms with Gasteiger partial charge in [-0.15, -0.1) is 0 Å². The van der Waals surface area contributed by atoms with E-state index in [0.29, 0.717) is 12.1 Å². The predicted molar refractivity (Wildman–Crippen MR) is 84.8 cm³/mol. The largest absolute Gasteiger partial charge is 0.480 e. The van der Waals surface area contributed by atoms with E-state index in [4.69, 9.17) is 0 Å². The van der Waals surface area contributed by atoms with Crippen LogP contribution in [0.15, 0.2) is 54.6 Å². The van der Waals surface area contributed by atoms with Gasteiger partial charge in [0.2, 0.25) is 0 Å². The van der Waals surface area contributed by atoms with Crippen LogP contribution in [0.2, 0.25) is 0 Å². The smallest absolute Gasteiger partial charge is 0.321 e. The quantitative estimate of drug-likeness (QED) is 0.771. The third-order valence-electron chi connectivity index (χ3n) is 3.46. The highest BCUT2D eigenvalue weighted by molar-refractivity contribution is 5.98. The molecule has 0 spiro atoms. The minimum Gasteiger partial charge on any atom is -0.480 e. The number of hydrogen-bond donors (Lipinski definition) is 2. The fourth-order valence-electron chi connectivity index (χ4n) is 2.13. The summed E-state index contributed by atoms with van der Waals surface area (Å²) in [7, 11) is 0. The minimum absolute atomic E-state index is 0.0643. The lowest BCUT2D eigenvalue weighted by atomic mass is 10.0. The van der Waals surface area contributed by atoms with E-state index < -0.39 is 12.0 Å². The Morgan fingerprint density at radius 2 is 1.68 bits per heavy atom. The fraction of sp³-hybridized carbons (Fsp3) is 0.222. The number of benzene rings is 2. The molecule has 0 saturated heterocycles. The van der Waals surface area contributed by atoms with Crippen molar-refractivity contribution in [1.29, 1.82) is 0 Å². The van der Waals surface area contributed by atoms with Crippen molar-refractivity contribution in [3.05, 3.63) is 71.3 Å². The molecule has 2 aromatic rings. The maximum Gasteiger partial charge on any atom is 0.321 e. The van der Waals surface area contributed by atoms with Gasteiger partial charge in [0.05, 0.1) is 0 Å². The lowest BCUT2D eigenvalue weighted by molar-refractivity contribution is -0.139. The highest BCUT2D eigenvalue weighted by atomic mass is 16.4. The van der Waals surface area contributed by atoms with Gasteiger partial charge in [0.25, 0.3) is 0 Å². The van der Waals surface area contributed by atoms with Gasteiger partial charge in [-0.3, -0.25) is 14.9 Å². The van der Waals surface area contributed by atoms with Crippen LogP contribution < -0.4 is 5.32 Å². The van der Waals surface area contributed by atoms with Crippen LogP contribution in [-0.4, -0.2) is 22.9 Å². The molecule has 114 valence electrons. The Morgan fingerprint density at radius 1 is 1.05 bits per heavy atom. The van der Waals surface area contributed by atoms with Crippen molar-refractivity contribution in [3.63, 3.8) is 0 Å². The molecule has 4 heteroatoms. The Balaban J connectivity index is 1.98.